The fourth-order valence-electron chi connectivity index (χ4n) is 2.18. The molecule has 25 heavy (non-hydrogen) atoms. The summed E-state index contributed by atoms with van der Waals surface area (Å²) in [6, 6.07) is 7.92. The van der Waals surface area contributed by atoms with Gasteiger partial charge in [-0.25, -0.2) is 4.79 Å². The molecule has 2 rings (SSSR count). The van der Waals surface area contributed by atoms with Gasteiger partial charge in [0.1, 0.15) is 5.54 Å². The molecule has 1 aromatic carbocycles. The first-order valence-corrected chi connectivity index (χ1v) is 8.16. The first-order chi connectivity index (χ1) is 11.7. The van der Waals surface area contributed by atoms with Crippen LogP contribution < -0.4 is 5.32 Å². The Morgan fingerprint density at radius 2 is 1.88 bits per heavy atom. The zero-order chi connectivity index (χ0) is 18.6. The molecule has 1 amide bonds. The Balaban J connectivity index is 1.95. The van der Waals surface area contributed by atoms with E-state index in [1.165, 1.54) is 19.4 Å². The Morgan fingerprint density at radius 3 is 2.44 bits per heavy atom. The summed E-state index contributed by atoms with van der Waals surface area (Å²) >= 11 is 0. The number of nitrogens with one attached hydrogen (secondary N) is 1. The molecule has 2 aromatic rings. The Morgan fingerprint density at radius 1 is 1.24 bits per heavy atom. The third kappa shape index (κ3) is 4.89. The molecule has 2 N–H and O–H groups in total. The molecule has 0 unspecified atom stereocenters. The summed E-state index contributed by atoms with van der Waals surface area (Å²) in [5, 5.41) is 15.4. The molecule has 0 spiro atoms. The number of carbonyl (C=O) groups is 2. The number of benzene rings is 1. The Hall–Kier alpha value is -2.70. The number of aromatic nitrogens is 2. The van der Waals surface area contributed by atoms with E-state index < -0.39 is 11.5 Å². The van der Waals surface area contributed by atoms with Gasteiger partial charge in [0.25, 0.3) is 0 Å². The molecule has 0 atom stereocenters. The van der Waals surface area contributed by atoms with Crippen LogP contribution in [0.15, 0.2) is 28.8 Å². The van der Waals surface area contributed by atoms with Gasteiger partial charge in [0.2, 0.25) is 17.6 Å². The number of carboxylic acid groups (broad SMARTS) is 1. The van der Waals surface area contributed by atoms with Gasteiger partial charge >= 0.3 is 5.97 Å². The van der Waals surface area contributed by atoms with Crippen molar-refractivity contribution in [2.24, 2.45) is 0 Å². The second kappa shape index (κ2) is 7.46. The minimum absolute atomic E-state index is 0.0740. The minimum Gasteiger partial charge on any atom is -0.480 e. The van der Waals surface area contributed by atoms with Crippen molar-refractivity contribution in [3.05, 3.63) is 35.7 Å². The van der Waals surface area contributed by atoms with Crippen molar-refractivity contribution in [3.63, 3.8) is 0 Å². The van der Waals surface area contributed by atoms with Crippen LogP contribution in [0.25, 0.3) is 11.4 Å². The molecule has 0 aliphatic heterocycles. The number of aliphatic carboxylic acids is 1. The van der Waals surface area contributed by atoms with Gasteiger partial charge in [0.05, 0.1) is 0 Å². The zero-order valence-corrected chi connectivity index (χ0v) is 14.9. The van der Waals surface area contributed by atoms with E-state index in [-0.39, 0.29) is 18.7 Å². The third-order valence-corrected chi connectivity index (χ3v) is 3.86. The lowest BCUT2D eigenvalue weighted by atomic mass is 10.0. The minimum atomic E-state index is -1.31. The van der Waals surface area contributed by atoms with Gasteiger partial charge in [0.15, 0.2) is 0 Å². The van der Waals surface area contributed by atoms with Gasteiger partial charge in [-0.05, 0) is 25.3 Å². The van der Waals surface area contributed by atoms with E-state index >= 15 is 0 Å². The number of rotatable bonds is 7. The molecule has 0 radical (unpaired) electrons. The van der Waals surface area contributed by atoms with Crippen LogP contribution in [0.5, 0.6) is 0 Å². The first kappa shape index (κ1) is 18.6. The third-order valence-electron chi connectivity index (χ3n) is 3.86. The lowest BCUT2D eigenvalue weighted by molar-refractivity contribution is -0.146. The lowest BCUT2D eigenvalue weighted by Gasteiger charge is -2.20. The van der Waals surface area contributed by atoms with Gasteiger partial charge < -0.3 is 14.9 Å². The lowest BCUT2D eigenvalue weighted by Crippen LogP contribution is -2.49. The highest BCUT2D eigenvalue weighted by Crippen LogP contribution is 2.20. The Bertz CT molecular complexity index is 748. The SMILES string of the molecule is CC(C)c1ccc(-c2noc(CCC(=O)NC(C)(C)C(=O)O)n2)cc1. The summed E-state index contributed by atoms with van der Waals surface area (Å²) in [5.74, 6) is -0.217. The quantitative estimate of drug-likeness (QED) is 0.799. The molecule has 7 nitrogen and oxygen atoms in total. The molecule has 0 saturated carbocycles. The largest absolute Gasteiger partial charge is 0.480 e. The monoisotopic (exact) mass is 345 g/mol. The summed E-state index contributed by atoms with van der Waals surface area (Å²) in [4.78, 5) is 27.1. The second-order valence-electron chi connectivity index (χ2n) is 6.77. The van der Waals surface area contributed by atoms with Crippen LogP contribution >= 0.6 is 0 Å². The van der Waals surface area contributed by atoms with E-state index in [0.717, 1.165) is 5.56 Å². The molecule has 0 aliphatic rings. The average Bonchev–Trinajstić information content (AvgIpc) is 3.01. The predicted molar refractivity (Wildman–Crippen MR) is 92.0 cm³/mol. The van der Waals surface area contributed by atoms with Crippen LogP contribution in [0.2, 0.25) is 0 Å². The van der Waals surface area contributed by atoms with E-state index in [9.17, 15) is 9.59 Å². The van der Waals surface area contributed by atoms with Gasteiger partial charge in [-0.2, -0.15) is 4.98 Å². The van der Waals surface area contributed by atoms with Crippen molar-refractivity contribution in [1.29, 1.82) is 0 Å². The number of hydrogen-bond donors (Lipinski definition) is 2. The Labute approximate surface area is 146 Å². The molecule has 1 heterocycles. The highest BCUT2D eigenvalue weighted by molar-refractivity contribution is 5.86. The average molecular weight is 345 g/mol. The molecular formula is C18H23N3O4. The highest BCUT2D eigenvalue weighted by Gasteiger charge is 2.28. The van der Waals surface area contributed by atoms with Crippen LogP contribution in [0, 0.1) is 0 Å². The number of hydrogen-bond acceptors (Lipinski definition) is 5. The standard InChI is InChI=1S/C18H23N3O4/c1-11(2)12-5-7-13(8-6-12)16-19-15(25-21-16)10-9-14(22)20-18(3,4)17(23)24/h5-8,11H,9-10H2,1-4H3,(H,20,22)(H,23,24). The fourth-order valence-corrected chi connectivity index (χ4v) is 2.18. The maximum atomic E-state index is 11.9. The predicted octanol–water partition coefficient (Wildman–Crippen LogP) is 2.77. The molecule has 7 heteroatoms. The molecule has 0 fully saturated rings. The Kier molecular flexibility index (Phi) is 5.56. The second-order valence-corrected chi connectivity index (χ2v) is 6.77. The van der Waals surface area contributed by atoms with E-state index in [0.29, 0.717) is 17.6 Å². The van der Waals surface area contributed by atoms with Gasteiger partial charge in [-0.3, -0.25) is 4.79 Å². The smallest absolute Gasteiger partial charge is 0.328 e. The number of carbonyl (C=O) groups excluding carboxylic acids is 1. The van der Waals surface area contributed by atoms with Gasteiger partial charge in [0, 0.05) is 18.4 Å². The summed E-state index contributed by atoms with van der Waals surface area (Å²) in [7, 11) is 0. The normalized spacial score (nSPS) is 11.6. The summed E-state index contributed by atoms with van der Waals surface area (Å²) < 4.78 is 5.17. The van der Waals surface area contributed by atoms with Crippen LogP contribution in [-0.2, 0) is 16.0 Å². The molecule has 134 valence electrons. The maximum absolute atomic E-state index is 11.9. The zero-order valence-electron chi connectivity index (χ0n) is 14.9. The van der Waals surface area contributed by atoms with Crippen LogP contribution in [0.3, 0.4) is 0 Å². The van der Waals surface area contributed by atoms with Crippen LogP contribution in [0.4, 0.5) is 0 Å². The summed E-state index contributed by atoms with van der Waals surface area (Å²) in [5.41, 5.74) is 0.760. The summed E-state index contributed by atoms with van der Waals surface area (Å²) in [6.07, 6.45) is 0.323. The maximum Gasteiger partial charge on any atom is 0.328 e. The fraction of sp³-hybridized carbons (Fsp3) is 0.444. The van der Waals surface area contributed by atoms with E-state index in [4.69, 9.17) is 9.63 Å². The number of nitrogens with zero attached hydrogens (tertiary/aromatic N) is 2. The van der Waals surface area contributed by atoms with Gasteiger partial charge in [-0.15, -0.1) is 0 Å². The van der Waals surface area contributed by atoms with E-state index in [2.05, 4.69) is 29.3 Å². The van der Waals surface area contributed by atoms with E-state index in [1.807, 2.05) is 24.3 Å². The van der Waals surface area contributed by atoms with Crippen molar-refractivity contribution in [2.45, 2.75) is 52.0 Å². The van der Waals surface area contributed by atoms with Crippen molar-refractivity contribution in [1.82, 2.24) is 15.5 Å². The van der Waals surface area contributed by atoms with E-state index in [1.54, 1.807) is 0 Å². The highest BCUT2D eigenvalue weighted by atomic mass is 16.5. The number of amides is 1. The molecular weight excluding hydrogens is 322 g/mol. The number of aryl methyl sites for hydroxylation is 1. The molecule has 0 saturated heterocycles. The van der Waals surface area contributed by atoms with Crippen LogP contribution in [-0.4, -0.2) is 32.7 Å². The molecule has 1 aromatic heterocycles. The molecule has 0 aliphatic carbocycles. The topological polar surface area (TPSA) is 105 Å². The van der Waals surface area contributed by atoms with Crippen molar-refractivity contribution in [3.8, 4) is 11.4 Å². The number of carboxylic acids is 1. The van der Waals surface area contributed by atoms with Crippen molar-refractivity contribution >= 4 is 11.9 Å². The van der Waals surface area contributed by atoms with Crippen molar-refractivity contribution < 1.29 is 19.2 Å². The van der Waals surface area contributed by atoms with Crippen molar-refractivity contribution in [2.75, 3.05) is 0 Å². The van der Waals surface area contributed by atoms with Crippen LogP contribution in [0.1, 0.15) is 51.5 Å². The van der Waals surface area contributed by atoms with Gasteiger partial charge in [-0.1, -0.05) is 43.3 Å². The summed E-state index contributed by atoms with van der Waals surface area (Å²) in [6.45, 7) is 7.11. The molecule has 0 bridgehead atoms. The first-order valence-electron chi connectivity index (χ1n) is 8.16.